The van der Waals surface area contributed by atoms with Crippen molar-refractivity contribution in [3.8, 4) is 5.69 Å². The van der Waals surface area contributed by atoms with E-state index in [4.69, 9.17) is 5.10 Å². The van der Waals surface area contributed by atoms with Crippen LogP contribution in [0.25, 0.3) is 5.69 Å². The molecule has 1 aromatic heterocycles. The Bertz CT molecular complexity index is 824. The topological polar surface area (TPSA) is 24.3 Å². The van der Waals surface area contributed by atoms with Gasteiger partial charge in [0.2, 0.25) is 0 Å². The summed E-state index contributed by atoms with van der Waals surface area (Å²) in [6.07, 6.45) is 8.54. The summed E-state index contributed by atoms with van der Waals surface area (Å²) in [6.45, 7) is 8.15. The molecule has 5 heteroatoms. The van der Waals surface area contributed by atoms with E-state index in [2.05, 4.69) is 29.8 Å². The Morgan fingerprint density at radius 1 is 1.04 bits per heavy atom. The van der Waals surface area contributed by atoms with Gasteiger partial charge in [0, 0.05) is 31.1 Å². The second-order valence-corrected chi connectivity index (χ2v) is 9.13. The van der Waals surface area contributed by atoms with E-state index >= 15 is 0 Å². The van der Waals surface area contributed by atoms with Crippen LogP contribution in [0.2, 0.25) is 0 Å². The molecular weight excluding hydrogens is 351 g/mol. The average molecular weight is 383 g/mol. The van der Waals surface area contributed by atoms with E-state index in [1.54, 1.807) is 0 Å². The lowest BCUT2D eigenvalue weighted by Crippen LogP contribution is -2.48. The summed E-state index contributed by atoms with van der Waals surface area (Å²) >= 11 is 0. The summed E-state index contributed by atoms with van der Waals surface area (Å²) in [5.74, 6) is 1.15. The van der Waals surface area contributed by atoms with Gasteiger partial charge in [0.05, 0.1) is 23.3 Å². The number of fused-ring (bicyclic) bond motifs is 1. The third kappa shape index (κ3) is 3.14. The molecule has 1 saturated carbocycles. The van der Waals surface area contributed by atoms with Gasteiger partial charge in [-0.1, -0.05) is 6.42 Å². The fraction of sp³-hybridized carbons (Fsp3) is 0.609. The van der Waals surface area contributed by atoms with Crippen molar-refractivity contribution in [2.75, 3.05) is 24.5 Å². The predicted molar refractivity (Wildman–Crippen MR) is 111 cm³/mol. The highest BCUT2D eigenvalue weighted by Crippen LogP contribution is 2.42. The SMILES string of the molecule is CC(C)N1CCC2CN(c3cn(-c4ccc(F)cc4)nc3C3CCC3)CCC21. The summed E-state index contributed by atoms with van der Waals surface area (Å²) in [7, 11) is 0. The van der Waals surface area contributed by atoms with E-state index in [0.717, 1.165) is 30.7 Å². The molecule has 3 heterocycles. The van der Waals surface area contributed by atoms with Crippen LogP contribution in [0.3, 0.4) is 0 Å². The maximum absolute atomic E-state index is 13.3. The predicted octanol–water partition coefficient (Wildman–Crippen LogP) is 4.59. The molecule has 3 fully saturated rings. The zero-order chi connectivity index (χ0) is 19.3. The zero-order valence-electron chi connectivity index (χ0n) is 17.0. The zero-order valence-corrected chi connectivity index (χ0v) is 17.0. The van der Waals surface area contributed by atoms with Gasteiger partial charge in [-0.25, -0.2) is 9.07 Å². The van der Waals surface area contributed by atoms with Crippen LogP contribution < -0.4 is 4.90 Å². The standard InChI is InChI=1S/C23H31FN4/c1-16(2)27-13-10-18-14-26(12-11-21(18)27)22-15-28(20-8-6-19(24)7-9-20)25-23(22)17-4-3-5-17/h6-9,15-18,21H,3-5,10-14H2,1-2H3. The van der Waals surface area contributed by atoms with Crippen LogP contribution in [-0.2, 0) is 0 Å². The van der Waals surface area contributed by atoms with E-state index in [1.807, 2.05) is 16.8 Å². The first-order chi connectivity index (χ1) is 13.6. The van der Waals surface area contributed by atoms with E-state index in [-0.39, 0.29) is 5.82 Å². The van der Waals surface area contributed by atoms with E-state index in [0.29, 0.717) is 12.0 Å². The lowest BCUT2D eigenvalue weighted by atomic mass is 9.82. The maximum Gasteiger partial charge on any atom is 0.123 e. The first-order valence-electron chi connectivity index (χ1n) is 11.0. The smallest absolute Gasteiger partial charge is 0.123 e. The summed E-state index contributed by atoms with van der Waals surface area (Å²) in [4.78, 5) is 5.29. The van der Waals surface area contributed by atoms with Crippen LogP contribution in [0.15, 0.2) is 30.5 Å². The molecule has 0 spiro atoms. The Labute approximate surface area is 167 Å². The number of halogens is 1. The van der Waals surface area contributed by atoms with Crippen molar-refractivity contribution in [1.29, 1.82) is 0 Å². The number of nitrogens with zero attached hydrogens (tertiary/aromatic N) is 4. The molecular formula is C23H31FN4. The Hall–Kier alpha value is -1.88. The minimum Gasteiger partial charge on any atom is -0.368 e. The van der Waals surface area contributed by atoms with Crippen LogP contribution in [0.4, 0.5) is 10.1 Å². The van der Waals surface area contributed by atoms with Gasteiger partial charge in [-0.2, -0.15) is 5.10 Å². The molecule has 1 aromatic carbocycles. The molecule has 0 amide bonds. The summed E-state index contributed by atoms with van der Waals surface area (Å²) in [5.41, 5.74) is 3.51. The van der Waals surface area contributed by atoms with Crippen LogP contribution in [-0.4, -0.2) is 46.4 Å². The quantitative estimate of drug-likeness (QED) is 0.773. The van der Waals surface area contributed by atoms with Gasteiger partial charge in [0.1, 0.15) is 5.82 Å². The van der Waals surface area contributed by atoms with Crippen LogP contribution in [0, 0.1) is 11.7 Å². The molecule has 28 heavy (non-hydrogen) atoms. The van der Waals surface area contributed by atoms with Crippen LogP contribution in [0.5, 0.6) is 0 Å². The van der Waals surface area contributed by atoms with Gasteiger partial charge in [-0.05, 0) is 76.3 Å². The molecule has 2 aromatic rings. The number of hydrogen-bond acceptors (Lipinski definition) is 3. The first-order valence-corrected chi connectivity index (χ1v) is 11.0. The average Bonchev–Trinajstić information content (AvgIpc) is 3.25. The Kier molecular flexibility index (Phi) is 4.66. The minimum atomic E-state index is -0.201. The second-order valence-electron chi connectivity index (χ2n) is 9.13. The number of piperidine rings is 1. The largest absolute Gasteiger partial charge is 0.368 e. The van der Waals surface area contributed by atoms with E-state index < -0.39 is 0 Å². The molecule has 2 unspecified atom stereocenters. The number of benzene rings is 1. The molecule has 0 bridgehead atoms. The van der Waals surface area contributed by atoms with Gasteiger partial charge in [0.25, 0.3) is 0 Å². The minimum absolute atomic E-state index is 0.201. The third-order valence-electron chi connectivity index (χ3n) is 7.19. The van der Waals surface area contributed by atoms with Crippen molar-refractivity contribution >= 4 is 5.69 Å². The third-order valence-corrected chi connectivity index (χ3v) is 7.19. The number of likely N-dealkylation sites (tertiary alicyclic amines) is 1. The number of anilines is 1. The summed E-state index contributed by atoms with van der Waals surface area (Å²) in [5, 5.41) is 4.98. The van der Waals surface area contributed by atoms with Gasteiger partial charge in [0.15, 0.2) is 0 Å². The normalized spacial score (nSPS) is 25.9. The highest BCUT2D eigenvalue weighted by atomic mass is 19.1. The molecule has 3 aliphatic rings. The number of hydrogen-bond donors (Lipinski definition) is 0. The second kappa shape index (κ2) is 7.18. The summed E-state index contributed by atoms with van der Waals surface area (Å²) < 4.78 is 15.3. The van der Waals surface area contributed by atoms with Crippen LogP contribution >= 0.6 is 0 Å². The number of rotatable bonds is 4. The molecule has 2 atom stereocenters. The molecule has 150 valence electrons. The first kappa shape index (κ1) is 18.2. The molecule has 2 saturated heterocycles. The van der Waals surface area contributed by atoms with Crippen molar-refractivity contribution in [1.82, 2.24) is 14.7 Å². The molecule has 2 aliphatic heterocycles. The lowest BCUT2D eigenvalue weighted by molar-refractivity contribution is 0.163. The molecule has 0 radical (unpaired) electrons. The Morgan fingerprint density at radius 3 is 2.50 bits per heavy atom. The maximum atomic E-state index is 13.3. The fourth-order valence-corrected chi connectivity index (χ4v) is 5.40. The van der Waals surface area contributed by atoms with Gasteiger partial charge < -0.3 is 4.90 Å². The van der Waals surface area contributed by atoms with Gasteiger partial charge in [-0.3, -0.25) is 4.90 Å². The van der Waals surface area contributed by atoms with Crippen molar-refractivity contribution in [2.24, 2.45) is 5.92 Å². The van der Waals surface area contributed by atoms with Crippen molar-refractivity contribution < 1.29 is 4.39 Å². The lowest BCUT2D eigenvalue weighted by Gasteiger charge is -2.40. The van der Waals surface area contributed by atoms with Gasteiger partial charge in [-0.15, -0.1) is 0 Å². The highest BCUT2D eigenvalue weighted by Gasteiger charge is 2.40. The fourth-order valence-electron chi connectivity index (χ4n) is 5.40. The van der Waals surface area contributed by atoms with Crippen molar-refractivity contribution in [3.05, 3.63) is 42.0 Å². The van der Waals surface area contributed by atoms with Crippen molar-refractivity contribution in [3.63, 3.8) is 0 Å². The Morgan fingerprint density at radius 2 is 1.82 bits per heavy atom. The highest BCUT2D eigenvalue weighted by molar-refractivity contribution is 5.54. The van der Waals surface area contributed by atoms with Crippen molar-refractivity contribution in [2.45, 2.75) is 64.0 Å². The van der Waals surface area contributed by atoms with E-state index in [1.165, 1.54) is 62.2 Å². The Balaban J connectivity index is 1.42. The summed E-state index contributed by atoms with van der Waals surface area (Å²) in [6, 6.07) is 8.07. The van der Waals surface area contributed by atoms with Crippen LogP contribution in [0.1, 0.15) is 57.6 Å². The molecule has 0 N–H and O–H groups in total. The van der Waals surface area contributed by atoms with E-state index in [9.17, 15) is 4.39 Å². The molecule has 4 nitrogen and oxygen atoms in total. The van der Waals surface area contributed by atoms with Gasteiger partial charge >= 0.3 is 0 Å². The molecule has 1 aliphatic carbocycles. The number of aromatic nitrogens is 2. The molecule has 5 rings (SSSR count). The monoisotopic (exact) mass is 382 g/mol.